The molecule has 7 rings (SSSR count). The first-order chi connectivity index (χ1) is 29.3. The molecular weight excluding hydrogens is 826 g/mol. The van der Waals surface area contributed by atoms with E-state index in [1.54, 1.807) is 41.8 Å². The predicted molar refractivity (Wildman–Crippen MR) is 230 cm³/mol. The minimum absolute atomic E-state index is 0.137. The second kappa shape index (κ2) is 19.1. The number of rotatable bonds is 15. The zero-order valence-electron chi connectivity index (χ0n) is 32.3. The van der Waals surface area contributed by atoms with Crippen molar-refractivity contribution in [2.75, 3.05) is 31.2 Å². The fraction of sp³-hybridized carbons (Fsp3) is 0.182. The van der Waals surface area contributed by atoms with Crippen LogP contribution in [-0.2, 0) is 40.8 Å². The smallest absolute Gasteiger partial charge is 0.497 e. The molecule has 2 unspecified atom stereocenters. The molecule has 0 bridgehead atoms. The lowest BCUT2D eigenvalue weighted by Crippen LogP contribution is -2.71. The number of thiazole rings is 1. The summed E-state index contributed by atoms with van der Waals surface area (Å²) in [6.45, 7) is -0.167. The molecule has 2 N–H and O–H groups in total. The number of halogens is 1. The summed E-state index contributed by atoms with van der Waals surface area (Å²) in [6, 6.07) is 35.7. The molecule has 0 spiro atoms. The van der Waals surface area contributed by atoms with Gasteiger partial charge in [0.05, 0.1) is 7.11 Å². The van der Waals surface area contributed by atoms with Gasteiger partial charge in [-0.05, 0) is 40.0 Å². The Balaban J connectivity index is 1.09. The number of anilines is 1. The van der Waals surface area contributed by atoms with E-state index in [4.69, 9.17) is 35.6 Å². The molecule has 5 aromatic rings. The molecule has 2 aliphatic rings. The number of nitrogens with zero attached hydrogens (tertiary/aromatic N) is 3. The number of ether oxygens (including phenoxy) is 3. The number of β-lactam (4-membered cyclic amide) rings is 1. The van der Waals surface area contributed by atoms with E-state index in [2.05, 4.69) is 15.8 Å². The summed E-state index contributed by atoms with van der Waals surface area (Å²) < 4.78 is 15.3. The zero-order chi connectivity index (χ0) is 42.1. The van der Waals surface area contributed by atoms with Crippen molar-refractivity contribution in [2.45, 2.75) is 23.6 Å². The van der Waals surface area contributed by atoms with E-state index in [-0.39, 0.29) is 35.3 Å². The van der Waals surface area contributed by atoms with Crippen molar-refractivity contribution in [3.05, 3.63) is 172 Å². The highest BCUT2D eigenvalue weighted by molar-refractivity contribution is 8.00. The minimum Gasteiger partial charge on any atom is -0.497 e. The third-order valence-corrected chi connectivity index (χ3v) is 11.9. The van der Waals surface area contributed by atoms with Crippen LogP contribution in [-0.4, -0.2) is 76.8 Å². The second-order valence-electron chi connectivity index (χ2n) is 13.2. The van der Waals surface area contributed by atoms with Crippen molar-refractivity contribution >= 4 is 69.5 Å². The van der Waals surface area contributed by atoms with E-state index in [0.717, 1.165) is 16.7 Å². The summed E-state index contributed by atoms with van der Waals surface area (Å²) >= 11 is 8.47. The SMILES string of the molecule is CO/N=C(\C(=O)NC1C(=O)N2C(C(=O)OC(=O)OCc3ccc(OC)cc3)=C(/C=C\CCl)CSC12)c1csc(NC(c2ccccc2)(c2ccccc2)c2ccccc2)n1. The Labute approximate surface area is 359 Å². The van der Waals surface area contributed by atoms with E-state index < -0.39 is 40.9 Å². The summed E-state index contributed by atoms with van der Waals surface area (Å²) in [5.41, 5.74) is 2.93. The summed E-state index contributed by atoms with van der Waals surface area (Å²) in [7, 11) is 2.84. The molecule has 3 heterocycles. The van der Waals surface area contributed by atoms with Gasteiger partial charge in [-0.3, -0.25) is 14.5 Å². The third-order valence-electron chi connectivity index (χ3n) is 9.64. The number of carbonyl (C=O) groups is 4. The van der Waals surface area contributed by atoms with Crippen molar-refractivity contribution in [1.29, 1.82) is 0 Å². The molecule has 1 aromatic heterocycles. The first kappa shape index (κ1) is 41.7. The van der Waals surface area contributed by atoms with Crippen LogP contribution >= 0.6 is 34.7 Å². The lowest BCUT2D eigenvalue weighted by Gasteiger charge is -2.49. The molecule has 16 heteroatoms. The normalized spacial score (nSPS) is 16.4. The molecule has 0 aliphatic carbocycles. The number of allylic oxidation sites excluding steroid dienone is 2. The Bertz CT molecular complexity index is 2330. The maximum atomic E-state index is 14.0. The van der Waals surface area contributed by atoms with Crippen LogP contribution in [0, 0.1) is 0 Å². The second-order valence-corrected chi connectivity index (χ2v) is 15.5. The highest BCUT2D eigenvalue weighted by atomic mass is 35.5. The number of benzene rings is 4. The highest BCUT2D eigenvalue weighted by Gasteiger charge is 2.55. The van der Waals surface area contributed by atoms with Gasteiger partial charge in [0, 0.05) is 17.0 Å². The van der Waals surface area contributed by atoms with Crippen molar-refractivity contribution in [3.63, 3.8) is 0 Å². The van der Waals surface area contributed by atoms with E-state index >= 15 is 0 Å². The molecule has 0 saturated carbocycles. The van der Waals surface area contributed by atoms with Gasteiger partial charge in [0.15, 0.2) is 10.8 Å². The maximum absolute atomic E-state index is 14.0. The average Bonchev–Trinajstić information content (AvgIpc) is 3.76. The van der Waals surface area contributed by atoms with Crippen molar-refractivity contribution in [2.24, 2.45) is 5.16 Å². The molecule has 1 saturated heterocycles. The van der Waals surface area contributed by atoms with E-state index in [1.807, 2.05) is 91.0 Å². The molecule has 60 heavy (non-hydrogen) atoms. The number of nitrogens with one attached hydrogen (secondary N) is 2. The third kappa shape index (κ3) is 8.78. The number of esters is 1. The Kier molecular flexibility index (Phi) is 13.3. The number of alkyl halides is 1. The van der Waals surface area contributed by atoms with Gasteiger partial charge in [-0.15, -0.1) is 34.7 Å². The molecule has 13 nitrogen and oxygen atoms in total. The topological polar surface area (TPSA) is 158 Å². The van der Waals surface area contributed by atoms with Gasteiger partial charge >= 0.3 is 12.1 Å². The molecular formula is C44H38ClN5O8S2. The van der Waals surface area contributed by atoms with Crippen molar-refractivity contribution in [3.8, 4) is 5.75 Å². The van der Waals surface area contributed by atoms with Crippen LogP contribution in [0.15, 0.2) is 149 Å². The lowest BCUT2D eigenvalue weighted by molar-refractivity contribution is -0.151. The van der Waals surface area contributed by atoms with Gasteiger partial charge in [-0.1, -0.05) is 120 Å². The summed E-state index contributed by atoms with van der Waals surface area (Å²) in [5.74, 6) is -1.42. The molecule has 2 amide bonds. The molecule has 0 radical (unpaired) electrons. The van der Waals surface area contributed by atoms with Gasteiger partial charge in [0.2, 0.25) is 0 Å². The van der Waals surface area contributed by atoms with Crippen LogP contribution in [0.25, 0.3) is 0 Å². The number of oxime groups is 1. The number of fused-ring (bicyclic) bond motifs is 1. The van der Waals surface area contributed by atoms with Gasteiger partial charge in [0.1, 0.15) is 47.8 Å². The fourth-order valence-corrected chi connectivity index (χ4v) is 9.01. The van der Waals surface area contributed by atoms with Crippen LogP contribution in [0.3, 0.4) is 0 Å². The standard InChI is InChI=1S/C44H38ClN5O8S2/c1-55-33-22-20-28(21-23-33)25-57-43(54)58-41(53)37-29(13-12-24-45)26-59-40-36(39(52)50(37)40)47-38(51)35(49-56-2)34-27-60-42(46-34)48-44(30-14-6-3-7-15-30,31-16-8-4-9-17-31)32-18-10-5-11-19-32/h3-23,27,36,40H,24-26H2,1-2H3,(H,46,48)(H,47,51)/b13-12-,49-35-. The first-order valence-corrected chi connectivity index (χ1v) is 21.0. The minimum atomic E-state index is -1.25. The number of amides is 2. The molecule has 2 atom stereocenters. The van der Waals surface area contributed by atoms with Gasteiger partial charge < -0.3 is 29.7 Å². The van der Waals surface area contributed by atoms with Crippen LogP contribution < -0.4 is 15.4 Å². The van der Waals surface area contributed by atoms with E-state index in [1.165, 1.54) is 42.2 Å². The summed E-state index contributed by atoms with van der Waals surface area (Å²) in [4.78, 5) is 64.9. The summed E-state index contributed by atoms with van der Waals surface area (Å²) in [5, 5.41) is 11.9. The number of methoxy groups -OCH3 is 1. The van der Waals surface area contributed by atoms with Crippen molar-refractivity contribution in [1.82, 2.24) is 15.2 Å². The van der Waals surface area contributed by atoms with Gasteiger partial charge in [-0.2, -0.15) is 0 Å². The van der Waals surface area contributed by atoms with Gasteiger partial charge in [-0.25, -0.2) is 14.6 Å². The summed E-state index contributed by atoms with van der Waals surface area (Å²) in [6.07, 6.45) is 1.95. The maximum Gasteiger partial charge on any atom is 0.516 e. The predicted octanol–water partition coefficient (Wildman–Crippen LogP) is 7.24. The van der Waals surface area contributed by atoms with Crippen molar-refractivity contribution < 1.29 is 38.2 Å². The average molecular weight is 864 g/mol. The molecule has 2 aliphatic heterocycles. The quantitative estimate of drug-likeness (QED) is 0.0208. The first-order valence-electron chi connectivity index (χ1n) is 18.5. The number of hydrogen-bond donors (Lipinski definition) is 2. The number of hydrogen-bond acceptors (Lipinski definition) is 13. The molecule has 4 aromatic carbocycles. The van der Waals surface area contributed by atoms with E-state index in [0.29, 0.717) is 22.0 Å². The monoisotopic (exact) mass is 863 g/mol. The largest absolute Gasteiger partial charge is 0.516 e. The van der Waals surface area contributed by atoms with Crippen LogP contribution in [0.4, 0.5) is 9.93 Å². The Morgan fingerprint density at radius 1 is 0.917 bits per heavy atom. The lowest BCUT2D eigenvalue weighted by atomic mass is 9.77. The Morgan fingerprint density at radius 2 is 1.53 bits per heavy atom. The number of thioether (sulfide) groups is 1. The van der Waals surface area contributed by atoms with Gasteiger partial charge in [0.25, 0.3) is 11.8 Å². The van der Waals surface area contributed by atoms with Crippen LogP contribution in [0.1, 0.15) is 27.9 Å². The highest BCUT2D eigenvalue weighted by Crippen LogP contribution is 2.42. The Morgan fingerprint density at radius 3 is 2.10 bits per heavy atom. The number of carbonyl (C=O) groups excluding carboxylic acids is 4. The Hall–Kier alpha value is -6.42. The number of aromatic nitrogens is 1. The molecule has 306 valence electrons. The van der Waals surface area contributed by atoms with E-state index in [9.17, 15) is 19.2 Å². The van der Waals surface area contributed by atoms with Crippen LogP contribution in [0.2, 0.25) is 0 Å². The zero-order valence-corrected chi connectivity index (χ0v) is 34.7. The van der Waals surface area contributed by atoms with Crippen LogP contribution in [0.5, 0.6) is 5.75 Å². The fourth-order valence-electron chi connectivity index (χ4n) is 6.85. The molecule has 1 fully saturated rings.